The zero-order valence-electron chi connectivity index (χ0n) is 20.8. The van der Waals surface area contributed by atoms with E-state index in [4.69, 9.17) is 0 Å². The first kappa shape index (κ1) is 27.2. The summed E-state index contributed by atoms with van der Waals surface area (Å²) in [7, 11) is 1.94. The predicted molar refractivity (Wildman–Crippen MR) is 141 cm³/mol. The fourth-order valence-corrected chi connectivity index (χ4v) is 3.62. The van der Waals surface area contributed by atoms with Crippen molar-refractivity contribution in [2.45, 2.75) is 47.5 Å². The van der Waals surface area contributed by atoms with Gasteiger partial charge in [-0.15, -0.1) is 0 Å². The molecule has 0 aliphatic heterocycles. The molecule has 0 saturated heterocycles. The van der Waals surface area contributed by atoms with E-state index in [1.54, 1.807) is 12.1 Å². The lowest BCUT2D eigenvalue weighted by Gasteiger charge is -2.15. The van der Waals surface area contributed by atoms with Gasteiger partial charge in [0, 0.05) is 18.3 Å². The molecule has 0 saturated carbocycles. The van der Waals surface area contributed by atoms with E-state index < -0.39 is 0 Å². The Balaban J connectivity index is 2.85. The van der Waals surface area contributed by atoms with Crippen LogP contribution in [0.4, 0.5) is 4.39 Å². The van der Waals surface area contributed by atoms with Gasteiger partial charge < -0.3 is 5.32 Å². The fourth-order valence-electron chi connectivity index (χ4n) is 3.62. The molecule has 0 aliphatic rings. The van der Waals surface area contributed by atoms with Gasteiger partial charge in [-0.05, 0) is 72.4 Å². The molecule has 0 bridgehead atoms. The third-order valence-corrected chi connectivity index (χ3v) is 5.80. The summed E-state index contributed by atoms with van der Waals surface area (Å²) < 4.78 is 14.5. The molecule has 1 aromatic rings. The summed E-state index contributed by atoms with van der Waals surface area (Å²) in [6.45, 7) is 22.7. The van der Waals surface area contributed by atoms with Gasteiger partial charge in [0.05, 0.1) is 0 Å². The van der Waals surface area contributed by atoms with Gasteiger partial charge in [-0.1, -0.05) is 89.1 Å². The second-order valence-electron chi connectivity index (χ2n) is 8.35. The standard InChI is InChI=1S/C30H40FN/c1-10-13-27(30-25(7)14-12-15-28(30)31)20-21(3)16-17-22(4)23(5)18-19-24(6)26(8)29(11-2)32-9/h10,12-19,21,23,32H,1,4,6,11,20H2,2-3,5,7-9H3/b17-16-,19-18-,27-13+,29-26-. The smallest absolute Gasteiger partial charge is 0.130 e. The molecule has 0 fully saturated rings. The summed E-state index contributed by atoms with van der Waals surface area (Å²) in [4.78, 5) is 0. The van der Waals surface area contributed by atoms with Crippen molar-refractivity contribution in [3.63, 3.8) is 0 Å². The highest BCUT2D eigenvalue weighted by Crippen LogP contribution is 2.29. The molecular formula is C30H40FN. The van der Waals surface area contributed by atoms with Crippen LogP contribution in [0.15, 0.2) is 96.8 Å². The maximum Gasteiger partial charge on any atom is 0.130 e. The second-order valence-corrected chi connectivity index (χ2v) is 8.35. The summed E-state index contributed by atoms with van der Waals surface area (Å²) >= 11 is 0. The zero-order valence-corrected chi connectivity index (χ0v) is 20.8. The van der Waals surface area contributed by atoms with Crippen LogP contribution in [0.5, 0.6) is 0 Å². The molecule has 1 rings (SSSR count). The molecule has 1 N–H and O–H groups in total. The molecule has 1 nitrogen and oxygen atoms in total. The molecule has 0 amide bonds. The van der Waals surface area contributed by atoms with Crippen LogP contribution in [0.1, 0.15) is 51.7 Å². The van der Waals surface area contributed by atoms with E-state index in [0.717, 1.165) is 35.1 Å². The number of allylic oxidation sites excluding steroid dienone is 11. The molecule has 0 heterocycles. The summed E-state index contributed by atoms with van der Waals surface area (Å²) in [6, 6.07) is 5.20. The van der Waals surface area contributed by atoms with Gasteiger partial charge in [-0.25, -0.2) is 4.39 Å². The summed E-state index contributed by atoms with van der Waals surface area (Å²) in [5, 5.41) is 3.24. The molecule has 2 heteroatoms. The number of hydrogen-bond donors (Lipinski definition) is 1. The quantitative estimate of drug-likeness (QED) is 0.326. The number of rotatable bonds is 12. The number of aryl methyl sites for hydroxylation is 1. The van der Waals surface area contributed by atoms with Gasteiger partial charge >= 0.3 is 0 Å². The van der Waals surface area contributed by atoms with Crippen LogP contribution < -0.4 is 5.32 Å². The minimum atomic E-state index is -0.188. The van der Waals surface area contributed by atoms with Crippen LogP contribution in [0.3, 0.4) is 0 Å². The van der Waals surface area contributed by atoms with Crippen LogP contribution in [0, 0.1) is 24.6 Å². The first-order valence-corrected chi connectivity index (χ1v) is 11.3. The largest absolute Gasteiger partial charge is 0.391 e. The molecule has 0 radical (unpaired) electrons. The van der Waals surface area contributed by atoms with E-state index in [-0.39, 0.29) is 17.7 Å². The van der Waals surface area contributed by atoms with Crippen molar-refractivity contribution in [1.82, 2.24) is 5.32 Å². The SMILES string of the molecule is C=C/C=C(\CC(C)/C=C\C(=C)C(C)/C=C\C(=C)/C(C)=C(/CC)NC)c1c(C)cccc1F. The third-order valence-electron chi connectivity index (χ3n) is 5.80. The zero-order chi connectivity index (χ0) is 24.3. The van der Waals surface area contributed by atoms with E-state index in [2.05, 4.69) is 77.1 Å². The minimum absolute atomic E-state index is 0.188. The lowest BCUT2D eigenvalue weighted by Crippen LogP contribution is -2.07. The average molecular weight is 434 g/mol. The summed E-state index contributed by atoms with van der Waals surface area (Å²) in [5.74, 6) is 0.238. The molecule has 0 aliphatic carbocycles. The molecule has 2 atom stereocenters. The van der Waals surface area contributed by atoms with Crippen molar-refractivity contribution >= 4 is 5.57 Å². The van der Waals surface area contributed by atoms with Crippen LogP contribution in [-0.4, -0.2) is 7.05 Å². The number of benzene rings is 1. The third kappa shape index (κ3) is 8.00. The number of halogens is 1. The molecule has 0 spiro atoms. The molecule has 2 unspecified atom stereocenters. The molecule has 0 aromatic heterocycles. The Labute approximate surface area is 195 Å². The maximum absolute atomic E-state index is 14.5. The highest BCUT2D eigenvalue weighted by Gasteiger charge is 2.13. The van der Waals surface area contributed by atoms with E-state index in [0.29, 0.717) is 5.56 Å². The molecular weight excluding hydrogens is 393 g/mol. The molecule has 172 valence electrons. The van der Waals surface area contributed by atoms with Crippen LogP contribution in [0.25, 0.3) is 5.57 Å². The minimum Gasteiger partial charge on any atom is -0.391 e. The predicted octanol–water partition coefficient (Wildman–Crippen LogP) is 8.49. The maximum atomic E-state index is 14.5. The Kier molecular flexibility index (Phi) is 11.5. The molecule has 1 aromatic carbocycles. The van der Waals surface area contributed by atoms with Crippen molar-refractivity contribution in [3.05, 3.63) is 114 Å². The second kappa shape index (κ2) is 13.5. The van der Waals surface area contributed by atoms with Crippen molar-refractivity contribution in [3.8, 4) is 0 Å². The highest BCUT2D eigenvalue weighted by molar-refractivity contribution is 5.70. The Morgan fingerprint density at radius 3 is 2.41 bits per heavy atom. The van der Waals surface area contributed by atoms with Crippen molar-refractivity contribution in [2.75, 3.05) is 7.05 Å². The van der Waals surface area contributed by atoms with Crippen molar-refractivity contribution in [1.29, 1.82) is 0 Å². The Morgan fingerprint density at radius 2 is 1.84 bits per heavy atom. The van der Waals surface area contributed by atoms with Gasteiger partial charge in [-0.2, -0.15) is 0 Å². The van der Waals surface area contributed by atoms with Crippen molar-refractivity contribution < 1.29 is 4.39 Å². The topological polar surface area (TPSA) is 12.0 Å². The average Bonchev–Trinajstić information content (AvgIpc) is 2.76. The highest BCUT2D eigenvalue weighted by atomic mass is 19.1. The van der Waals surface area contributed by atoms with Crippen LogP contribution in [-0.2, 0) is 0 Å². The monoisotopic (exact) mass is 433 g/mol. The number of hydrogen-bond acceptors (Lipinski definition) is 1. The Morgan fingerprint density at radius 1 is 1.16 bits per heavy atom. The molecule has 32 heavy (non-hydrogen) atoms. The Bertz CT molecular complexity index is 913. The van der Waals surface area contributed by atoms with Gasteiger partial charge in [0.2, 0.25) is 0 Å². The van der Waals surface area contributed by atoms with E-state index in [1.807, 2.05) is 26.1 Å². The van der Waals surface area contributed by atoms with Gasteiger partial charge in [0.1, 0.15) is 5.82 Å². The van der Waals surface area contributed by atoms with E-state index >= 15 is 0 Å². The lowest BCUT2D eigenvalue weighted by molar-refractivity contribution is 0.619. The van der Waals surface area contributed by atoms with Crippen molar-refractivity contribution in [2.24, 2.45) is 11.8 Å². The Hall–Kier alpha value is -2.87. The first-order valence-electron chi connectivity index (χ1n) is 11.3. The fraction of sp³-hybridized carbons (Fsp3) is 0.333. The number of nitrogens with one attached hydrogen (secondary N) is 1. The first-order chi connectivity index (χ1) is 15.2. The van der Waals surface area contributed by atoms with E-state index in [9.17, 15) is 4.39 Å². The lowest BCUT2D eigenvalue weighted by atomic mass is 9.90. The van der Waals surface area contributed by atoms with E-state index in [1.165, 1.54) is 17.3 Å². The van der Waals surface area contributed by atoms with Gasteiger partial charge in [0.25, 0.3) is 0 Å². The van der Waals surface area contributed by atoms with Gasteiger partial charge in [-0.3, -0.25) is 0 Å². The normalized spacial score (nSPS) is 14.9. The summed E-state index contributed by atoms with van der Waals surface area (Å²) in [6.07, 6.45) is 13.8. The summed E-state index contributed by atoms with van der Waals surface area (Å²) in [5.41, 5.74) is 6.99. The van der Waals surface area contributed by atoms with Crippen LogP contribution in [0.2, 0.25) is 0 Å². The van der Waals surface area contributed by atoms with Gasteiger partial charge in [0.15, 0.2) is 0 Å². The van der Waals surface area contributed by atoms with Crippen LogP contribution >= 0.6 is 0 Å².